The van der Waals surface area contributed by atoms with Crippen LogP contribution in [0.3, 0.4) is 0 Å². The Labute approximate surface area is 157 Å². The largest absolute Gasteiger partial charge is 0.471 e. The van der Waals surface area contributed by atoms with Gasteiger partial charge in [0.25, 0.3) is 5.89 Å². The number of amides is 2. The molecule has 4 rings (SSSR count). The molecule has 0 radical (unpaired) electrons. The summed E-state index contributed by atoms with van der Waals surface area (Å²) in [7, 11) is 0. The van der Waals surface area contributed by atoms with Crippen LogP contribution in [0.2, 0.25) is 0 Å². The van der Waals surface area contributed by atoms with Crippen molar-refractivity contribution in [2.24, 2.45) is 5.92 Å². The van der Waals surface area contributed by atoms with Crippen molar-refractivity contribution in [3.05, 3.63) is 36.4 Å². The number of carbonyl (C=O) groups excluding carboxylic acids is 2. The van der Waals surface area contributed by atoms with Crippen LogP contribution < -0.4 is 16.0 Å². The summed E-state index contributed by atoms with van der Waals surface area (Å²) in [6.45, 7) is 0.974. The summed E-state index contributed by atoms with van der Waals surface area (Å²) in [5.41, 5.74) is 0.336. The van der Waals surface area contributed by atoms with Gasteiger partial charge >= 0.3 is 18.0 Å². The second kappa shape index (κ2) is 6.93. The lowest BCUT2D eigenvalue weighted by Crippen LogP contribution is -2.48. The van der Waals surface area contributed by atoms with Gasteiger partial charge in [0, 0.05) is 23.3 Å². The number of nitrogens with zero attached hydrogens (tertiary/aromatic N) is 1. The molecule has 7 nitrogen and oxygen atoms in total. The molecule has 3 unspecified atom stereocenters. The molecule has 2 bridgehead atoms. The van der Waals surface area contributed by atoms with E-state index in [1.807, 2.05) is 0 Å². The van der Waals surface area contributed by atoms with Crippen molar-refractivity contribution < 1.29 is 27.2 Å². The molecule has 10 heteroatoms. The quantitative estimate of drug-likeness (QED) is 0.740. The SMILES string of the molecule is O=C(NC1CC2CNC1C2)c1ncc(-c2cccc(NC(=O)C(F)(F)F)c2)o1. The molecule has 3 N–H and O–H groups in total. The highest BCUT2D eigenvalue weighted by atomic mass is 19.4. The number of alkyl halides is 3. The van der Waals surface area contributed by atoms with Gasteiger partial charge < -0.3 is 20.4 Å². The fraction of sp³-hybridized carbons (Fsp3) is 0.389. The van der Waals surface area contributed by atoms with Crippen LogP contribution in [-0.4, -0.2) is 41.6 Å². The van der Waals surface area contributed by atoms with Crippen LogP contribution >= 0.6 is 0 Å². The topological polar surface area (TPSA) is 96.3 Å². The monoisotopic (exact) mass is 394 g/mol. The van der Waals surface area contributed by atoms with E-state index in [4.69, 9.17) is 4.42 Å². The van der Waals surface area contributed by atoms with E-state index in [1.165, 1.54) is 24.4 Å². The first-order chi connectivity index (χ1) is 13.3. The first-order valence-corrected chi connectivity index (χ1v) is 8.78. The van der Waals surface area contributed by atoms with Gasteiger partial charge in [0.05, 0.1) is 6.20 Å². The second-order valence-corrected chi connectivity index (χ2v) is 6.99. The highest BCUT2D eigenvalue weighted by molar-refractivity contribution is 5.95. The Morgan fingerprint density at radius 2 is 2.07 bits per heavy atom. The van der Waals surface area contributed by atoms with Gasteiger partial charge in [0.15, 0.2) is 5.76 Å². The van der Waals surface area contributed by atoms with E-state index in [0.717, 1.165) is 19.4 Å². The third kappa shape index (κ3) is 3.72. The summed E-state index contributed by atoms with van der Waals surface area (Å²) in [5.74, 6) is -1.85. The van der Waals surface area contributed by atoms with Crippen LogP contribution in [0, 0.1) is 5.92 Å². The maximum Gasteiger partial charge on any atom is 0.471 e. The molecule has 2 amide bonds. The summed E-state index contributed by atoms with van der Waals surface area (Å²) in [6, 6.07) is 5.96. The van der Waals surface area contributed by atoms with Gasteiger partial charge in [-0.05, 0) is 37.4 Å². The van der Waals surface area contributed by atoms with Crippen molar-refractivity contribution in [1.29, 1.82) is 0 Å². The summed E-state index contributed by atoms with van der Waals surface area (Å²) < 4.78 is 42.6. The Morgan fingerprint density at radius 3 is 2.75 bits per heavy atom. The minimum absolute atomic E-state index is 0.0301. The summed E-state index contributed by atoms with van der Waals surface area (Å²) in [4.78, 5) is 27.4. The fourth-order valence-electron chi connectivity index (χ4n) is 3.71. The Hall–Kier alpha value is -2.88. The lowest BCUT2D eigenvalue weighted by atomic mass is 10.1. The van der Waals surface area contributed by atoms with Crippen LogP contribution in [0.15, 0.2) is 34.9 Å². The molecule has 1 saturated carbocycles. The predicted molar refractivity (Wildman–Crippen MR) is 92.4 cm³/mol. The van der Waals surface area contributed by atoms with Gasteiger partial charge in [0.2, 0.25) is 0 Å². The van der Waals surface area contributed by atoms with Crippen molar-refractivity contribution in [1.82, 2.24) is 15.6 Å². The van der Waals surface area contributed by atoms with Crippen molar-refractivity contribution in [3.8, 4) is 11.3 Å². The number of carbonyl (C=O) groups is 2. The first kappa shape index (κ1) is 18.5. The number of fused-ring (bicyclic) bond motifs is 2. The maximum absolute atomic E-state index is 12.4. The zero-order chi connectivity index (χ0) is 19.9. The molecular weight excluding hydrogens is 377 g/mol. The number of piperidine rings is 1. The first-order valence-electron chi connectivity index (χ1n) is 8.78. The normalized spacial score (nSPS) is 23.6. The number of rotatable bonds is 4. The molecule has 2 aromatic rings. The maximum atomic E-state index is 12.4. The number of nitrogens with one attached hydrogen (secondary N) is 3. The smallest absolute Gasteiger partial charge is 0.432 e. The second-order valence-electron chi connectivity index (χ2n) is 6.99. The number of benzene rings is 1. The number of hydrogen-bond acceptors (Lipinski definition) is 5. The highest BCUT2D eigenvalue weighted by Gasteiger charge is 2.40. The van der Waals surface area contributed by atoms with E-state index < -0.39 is 18.0 Å². The van der Waals surface area contributed by atoms with Gasteiger partial charge in [0.1, 0.15) is 0 Å². The molecule has 1 aliphatic heterocycles. The van der Waals surface area contributed by atoms with Crippen LogP contribution in [0.5, 0.6) is 0 Å². The minimum atomic E-state index is -4.98. The molecule has 2 heterocycles. The molecule has 2 aliphatic rings. The molecule has 3 atom stereocenters. The Balaban J connectivity index is 1.44. The van der Waals surface area contributed by atoms with E-state index in [9.17, 15) is 22.8 Å². The van der Waals surface area contributed by atoms with Gasteiger partial charge in [-0.2, -0.15) is 13.2 Å². The average Bonchev–Trinajstić information content (AvgIpc) is 3.38. The van der Waals surface area contributed by atoms with Gasteiger partial charge in [-0.3, -0.25) is 9.59 Å². The molecule has 1 aliphatic carbocycles. The molecule has 1 saturated heterocycles. The molecule has 1 aromatic heterocycles. The van der Waals surface area contributed by atoms with E-state index >= 15 is 0 Å². The summed E-state index contributed by atoms with van der Waals surface area (Å²) in [5, 5.41) is 8.02. The van der Waals surface area contributed by atoms with E-state index in [1.54, 1.807) is 11.4 Å². The third-order valence-corrected chi connectivity index (χ3v) is 5.01. The number of hydrogen-bond donors (Lipinski definition) is 3. The average molecular weight is 394 g/mol. The van der Waals surface area contributed by atoms with Gasteiger partial charge in [-0.25, -0.2) is 4.98 Å². The van der Waals surface area contributed by atoms with Crippen molar-refractivity contribution >= 4 is 17.5 Å². The summed E-state index contributed by atoms with van der Waals surface area (Å²) in [6.07, 6.45) is -1.71. The molecule has 28 heavy (non-hydrogen) atoms. The van der Waals surface area contributed by atoms with E-state index in [-0.39, 0.29) is 29.4 Å². The number of aromatic nitrogens is 1. The van der Waals surface area contributed by atoms with E-state index in [0.29, 0.717) is 11.5 Å². The third-order valence-electron chi connectivity index (χ3n) is 5.01. The minimum Gasteiger partial charge on any atom is -0.432 e. The Kier molecular flexibility index (Phi) is 4.58. The van der Waals surface area contributed by atoms with Crippen molar-refractivity contribution in [3.63, 3.8) is 0 Å². The Bertz CT molecular complexity index is 911. The predicted octanol–water partition coefficient (Wildman–Crippen LogP) is 2.32. The number of anilines is 1. The number of oxazole rings is 1. The van der Waals surface area contributed by atoms with E-state index in [2.05, 4.69) is 15.6 Å². The lowest BCUT2D eigenvalue weighted by molar-refractivity contribution is -0.167. The van der Waals surface area contributed by atoms with Crippen molar-refractivity contribution in [2.45, 2.75) is 31.1 Å². The fourth-order valence-corrected chi connectivity index (χ4v) is 3.71. The Morgan fingerprint density at radius 1 is 1.25 bits per heavy atom. The molecule has 0 spiro atoms. The molecule has 2 fully saturated rings. The van der Waals surface area contributed by atoms with Crippen molar-refractivity contribution in [2.75, 3.05) is 11.9 Å². The molecular formula is C18H17F3N4O3. The van der Waals surface area contributed by atoms with Crippen LogP contribution in [0.4, 0.5) is 18.9 Å². The highest BCUT2D eigenvalue weighted by Crippen LogP contribution is 2.31. The molecule has 148 valence electrons. The molecule has 1 aromatic carbocycles. The zero-order valence-corrected chi connectivity index (χ0v) is 14.5. The van der Waals surface area contributed by atoms with Crippen LogP contribution in [0.25, 0.3) is 11.3 Å². The zero-order valence-electron chi connectivity index (χ0n) is 14.5. The summed E-state index contributed by atoms with van der Waals surface area (Å²) >= 11 is 0. The number of halogens is 3. The standard InChI is InChI=1S/C18H17F3N4O3/c19-18(20,21)17(27)24-11-3-1-2-10(6-11)14-8-23-16(28-14)15(26)25-13-5-9-4-12(13)22-7-9/h1-3,6,8-9,12-13,22H,4-5,7H2,(H,24,27)(H,25,26). The van der Waals surface area contributed by atoms with Gasteiger partial charge in [-0.15, -0.1) is 0 Å². The lowest BCUT2D eigenvalue weighted by Gasteiger charge is -2.23. The van der Waals surface area contributed by atoms with Crippen LogP contribution in [0.1, 0.15) is 23.5 Å². The van der Waals surface area contributed by atoms with Crippen LogP contribution in [-0.2, 0) is 4.79 Å². The van der Waals surface area contributed by atoms with Gasteiger partial charge in [-0.1, -0.05) is 12.1 Å².